The van der Waals surface area contributed by atoms with Crippen molar-refractivity contribution in [2.45, 2.75) is 17.9 Å². The second-order valence-corrected chi connectivity index (χ2v) is 5.32. The maximum absolute atomic E-state index is 13.1. The van der Waals surface area contributed by atoms with Crippen LogP contribution in [0.4, 0.5) is 10.1 Å². The highest BCUT2D eigenvalue weighted by Gasteiger charge is 2.09. The molecule has 2 aromatic carbocycles. The normalized spacial score (nSPS) is 11.7. The summed E-state index contributed by atoms with van der Waals surface area (Å²) >= 11 is 1.70. The van der Waals surface area contributed by atoms with E-state index in [0.717, 1.165) is 5.56 Å². The molecule has 1 unspecified atom stereocenters. The van der Waals surface area contributed by atoms with Gasteiger partial charge in [-0.3, -0.25) is 0 Å². The van der Waals surface area contributed by atoms with Gasteiger partial charge >= 0.3 is 0 Å². The molecular formula is C16H15FN2S. The van der Waals surface area contributed by atoms with Gasteiger partial charge in [0.1, 0.15) is 11.9 Å². The van der Waals surface area contributed by atoms with Gasteiger partial charge in [-0.15, -0.1) is 11.8 Å². The van der Waals surface area contributed by atoms with Gasteiger partial charge in [0.15, 0.2) is 0 Å². The minimum Gasteiger partial charge on any atom is -0.377 e. The number of nitrogens with zero attached hydrogens (tertiary/aromatic N) is 1. The summed E-state index contributed by atoms with van der Waals surface area (Å²) in [7, 11) is 0. The molecule has 0 aromatic heterocycles. The van der Waals surface area contributed by atoms with Crippen molar-refractivity contribution in [2.24, 2.45) is 0 Å². The fraction of sp³-hybridized carbons (Fsp3) is 0.188. The number of hydrogen-bond acceptors (Lipinski definition) is 3. The fourth-order valence-electron chi connectivity index (χ4n) is 1.94. The molecule has 0 spiro atoms. The van der Waals surface area contributed by atoms with Crippen LogP contribution in [-0.2, 0) is 0 Å². The van der Waals surface area contributed by atoms with Crippen molar-refractivity contribution >= 4 is 17.4 Å². The summed E-state index contributed by atoms with van der Waals surface area (Å²) in [6.07, 6.45) is 2.04. The molecule has 0 fully saturated rings. The third-order valence-corrected chi connectivity index (χ3v) is 3.83. The van der Waals surface area contributed by atoms with Gasteiger partial charge in [0.25, 0.3) is 0 Å². The molecule has 0 saturated carbocycles. The molecule has 0 bridgehead atoms. The molecule has 20 heavy (non-hydrogen) atoms. The second kappa shape index (κ2) is 6.44. The van der Waals surface area contributed by atoms with Crippen LogP contribution < -0.4 is 5.32 Å². The van der Waals surface area contributed by atoms with Crippen molar-refractivity contribution in [1.29, 1.82) is 5.26 Å². The third kappa shape index (κ3) is 3.31. The number of halogens is 1. The van der Waals surface area contributed by atoms with Crippen molar-refractivity contribution in [1.82, 2.24) is 0 Å². The van der Waals surface area contributed by atoms with Crippen LogP contribution in [0.3, 0.4) is 0 Å². The molecular weight excluding hydrogens is 271 g/mol. The first-order valence-corrected chi connectivity index (χ1v) is 7.46. The lowest BCUT2D eigenvalue weighted by Gasteiger charge is -2.17. The molecule has 1 N–H and O–H groups in total. The molecule has 102 valence electrons. The monoisotopic (exact) mass is 286 g/mol. The maximum atomic E-state index is 13.1. The van der Waals surface area contributed by atoms with E-state index in [1.807, 2.05) is 19.2 Å². The van der Waals surface area contributed by atoms with Crippen LogP contribution in [0.25, 0.3) is 0 Å². The van der Waals surface area contributed by atoms with Gasteiger partial charge < -0.3 is 5.32 Å². The molecule has 2 aromatic rings. The van der Waals surface area contributed by atoms with E-state index in [0.29, 0.717) is 11.3 Å². The van der Waals surface area contributed by atoms with E-state index in [-0.39, 0.29) is 6.04 Å². The molecule has 0 aliphatic heterocycles. The second-order valence-electron chi connectivity index (χ2n) is 4.44. The smallest absolute Gasteiger partial charge is 0.124 e. The maximum Gasteiger partial charge on any atom is 0.124 e. The molecule has 0 amide bonds. The van der Waals surface area contributed by atoms with Crippen molar-refractivity contribution in [3.05, 3.63) is 59.4 Å². The molecule has 0 aliphatic carbocycles. The van der Waals surface area contributed by atoms with Crippen molar-refractivity contribution in [3.8, 4) is 6.07 Å². The number of nitriles is 1. The first-order chi connectivity index (χ1) is 9.63. The summed E-state index contributed by atoms with van der Waals surface area (Å²) in [6, 6.07) is 14.5. The van der Waals surface area contributed by atoms with Crippen LogP contribution >= 0.6 is 11.8 Å². The Kier molecular flexibility index (Phi) is 4.65. The van der Waals surface area contributed by atoms with E-state index in [1.165, 1.54) is 17.0 Å². The van der Waals surface area contributed by atoms with Crippen molar-refractivity contribution in [2.75, 3.05) is 11.6 Å². The predicted molar refractivity (Wildman–Crippen MR) is 81.4 cm³/mol. The highest BCUT2D eigenvalue weighted by Crippen LogP contribution is 2.24. The Bertz CT molecular complexity index is 632. The van der Waals surface area contributed by atoms with Crippen LogP contribution in [0.15, 0.2) is 47.4 Å². The number of nitrogens with one attached hydrogen (secondary N) is 1. The summed E-state index contributed by atoms with van der Waals surface area (Å²) in [6.45, 7) is 2.01. The SMILES string of the molecule is CSc1ccc(C(C)Nc2ccc(F)cc2C#N)cc1. The molecule has 4 heteroatoms. The predicted octanol–water partition coefficient (Wildman–Crippen LogP) is 4.59. The molecule has 2 nitrogen and oxygen atoms in total. The van der Waals surface area contributed by atoms with Crippen LogP contribution in [0.5, 0.6) is 0 Å². The van der Waals surface area contributed by atoms with E-state index in [1.54, 1.807) is 17.8 Å². The van der Waals surface area contributed by atoms with Gasteiger partial charge in [0.2, 0.25) is 0 Å². The summed E-state index contributed by atoms with van der Waals surface area (Å²) in [5.74, 6) is -0.399. The molecule has 0 radical (unpaired) electrons. The Morgan fingerprint density at radius 2 is 1.90 bits per heavy atom. The largest absolute Gasteiger partial charge is 0.377 e. The number of hydrogen-bond donors (Lipinski definition) is 1. The molecule has 0 aliphatic rings. The molecule has 2 rings (SSSR count). The highest BCUT2D eigenvalue weighted by atomic mass is 32.2. The lowest BCUT2D eigenvalue weighted by molar-refractivity contribution is 0.627. The van der Waals surface area contributed by atoms with E-state index in [2.05, 4.69) is 29.6 Å². The average molecular weight is 286 g/mol. The van der Waals surface area contributed by atoms with E-state index in [4.69, 9.17) is 5.26 Å². The van der Waals surface area contributed by atoms with Gasteiger partial charge in [-0.1, -0.05) is 12.1 Å². The topological polar surface area (TPSA) is 35.8 Å². The number of anilines is 1. The quantitative estimate of drug-likeness (QED) is 0.835. The lowest BCUT2D eigenvalue weighted by atomic mass is 10.1. The fourth-order valence-corrected chi connectivity index (χ4v) is 2.35. The van der Waals surface area contributed by atoms with Crippen molar-refractivity contribution in [3.63, 3.8) is 0 Å². The van der Waals surface area contributed by atoms with E-state index in [9.17, 15) is 4.39 Å². The standard InChI is InChI=1S/C16H15FN2S/c1-11(12-3-6-15(20-2)7-4-12)19-16-8-5-14(17)9-13(16)10-18/h3-9,11,19H,1-2H3. The average Bonchev–Trinajstić information content (AvgIpc) is 2.49. The van der Waals surface area contributed by atoms with E-state index >= 15 is 0 Å². The van der Waals surface area contributed by atoms with Gasteiger partial charge in [-0.05, 0) is 49.1 Å². The van der Waals surface area contributed by atoms with Crippen molar-refractivity contribution < 1.29 is 4.39 Å². The van der Waals surface area contributed by atoms with Crippen LogP contribution in [0.1, 0.15) is 24.1 Å². The summed E-state index contributed by atoms with van der Waals surface area (Å²) in [5.41, 5.74) is 2.09. The summed E-state index contributed by atoms with van der Waals surface area (Å²) in [5, 5.41) is 12.3. The Balaban J connectivity index is 2.18. The Morgan fingerprint density at radius 3 is 2.50 bits per heavy atom. The van der Waals surface area contributed by atoms with E-state index < -0.39 is 5.82 Å². The zero-order chi connectivity index (χ0) is 14.5. The Hall–Kier alpha value is -1.99. The summed E-state index contributed by atoms with van der Waals surface area (Å²) in [4.78, 5) is 1.21. The number of rotatable bonds is 4. The lowest BCUT2D eigenvalue weighted by Crippen LogP contribution is -2.07. The molecule has 0 saturated heterocycles. The third-order valence-electron chi connectivity index (χ3n) is 3.09. The number of benzene rings is 2. The van der Waals surface area contributed by atoms with Gasteiger partial charge in [0.05, 0.1) is 11.3 Å². The first-order valence-electron chi connectivity index (χ1n) is 6.24. The Morgan fingerprint density at radius 1 is 1.20 bits per heavy atom. The van der Waals surface area contributed by atoms with Crippen LogP contribution in [0.2, 0.25) is 0 Å². The first kappa shape index (κ1) is 14.4. The zero-order valence-corrected chi connectivity index (χ0v) is 12.2. The van der Waals surface area contributed by atoms with Gasteiger partial charge in [0, 0.05) is 10.9 Å². The van der Waals surface area contributed by atoms with Crippen LogP contribution in [-0.4, -0.2) is 6.26 Å². The van der Waals surface area contributed by atoms with Gasteiger partial charge in [-0.25, -0.2) is 4.39 Å². The zero-order valence-electron chi connectivity index (χ0n) is 11.4. The molecule has 0 heterocycles. The molecule has 1 atom stereocenters. The summed E-state index contributed by atoms with van der Waals surface area (Å²) < 4.78 is 13.1. The highest BCUT2D eigenvalue weighted by molar-refractivity contribution is 7.98. The minimum atomic E-state index is -0.399. The Labute approximate surface area is 122 Å². The van der Waals surface area contributed by atoms with Crippen LogP contribution in [0, 0.1) is 17.1 Å². The number of thioether (sulfide) groups is 1. The van der Waals surface area contributed by atoms with Gasteiger partial charge in [-0.2, -0.15) is 5.26 Å². The minimum absolute atomic E-state index is 0.0449.